The van der Waals surface area contributed by atoms with Crippen LogP contribution in [0.25, 0.3) is 0 Å². The van der Waals surface area contributed by atoms with Gasteiger partial charge in [0.15, 0.2) is 12.2 Å². The van der Waals surface area contributed by atoms with E-state index in [0.717, 1.165) is 0 Å². The summed E-state index contributed by atoms with van der Waals surface area (Å²) in [6.45, 7) is 5.11. The summed E-state index contributed by atoms with van der Waals surface area (Å²) < 4.78 is 32.8. The van der Waals surface area contributed by atoms with Crippen LogP contribution in [0.3, 0.4) is 0 Å². The summed E-state index contributed by atoms with van der Waals surface area (Å²) in [5.41, 5.74) is 0. The molecule has 0 aromatic carbocycles. The molecule has 1 rings (SSSR count). The van der Waals surface area contributed by atoms with Crippen LogP contribution in [-0.4, -0.2) is 68.5 Å². The summed E-state index contributed by atoms with van der Waals surface area (Å²) in [6.07, 6.45) is 0.274. The molecule has 0 radical (unpaired) electrons. The minimum absolute atomic E-state index is 0.130. The van der Waals surface area contributed by atoms with Crippen LogP contribution in [0, 0.1) is 12.3 Å². The molecule has 0 aliphatic carbocycles. The van der Waals surface area contributed by atoms with Gasteiger partial charge in [0.2, 0.25) is 6.29 Å². The highest BCUT2D eigenvalue weighted by atomic mass is 32.0. The van der Waals surface area contributed by atoms with Crippen LogP contribution in [0.5, 0.6) is 0 Å². The van der Waals surface area contributed by atoms with Crippen LogP contribution in [0.2, 0.25) is 0 Å². The van der Waals surface area contributed by atoms with Crippen molar-refractivity contribution in [2.24, 2.45) is 0 Å². The largest absolute Gasteiger partial charge is 0.463 e. The molecule has 0 saturated carbocycles. The van der Waals surface area contributed by atoms with Crippen molar-refractivity contribution in [1.29, 1.82) is 0 Å². The summed E-state index contributed by atoms with van der Waals surface area (Å²) in [6, 6.07) is 0. The summed E-state index contributed by atoms with van der Waals surface area (Å²) in [7, 11) is 1.49. The topological polar surface area (TPSA) is 107 Å². The smallest absolute Gasteiger partial charge is 0.303 e. The van der Waals surface area contributed by atoms with Crippen LogP contribution in [0.1, 0.15) is 20.8 Å². The third-order valence-corrected chi connectivity index (χ3v) is 4.18. The standard InChI is InChI=1S/C16H24O9P2/c1-6-7-20-14-13(22-10(3)18)12(8-21-9(2)17)24-16(25-27(5)26)15(14)23-11(4)19/h1,12-16H,7-8,26H2,2-5H3/t12?,13-,14-,15?,16-,27?/m0/s1. The second kappa shape index (κ2) is 11.5. The second-order valence-electron chi connectivity index (χ2n) is 5.62. The number of ether oxygens (including phenoxy) is 5. The Hall–Kier alpha value is -1.29. The monoisotopic (exact) mass is 422 g/mol. The predicted molar refractivity (Wildman–Crippen MR) is 98.6 cm³/mol. The first-order valence-electron chi connectivity index (χ1n) is 7.99. The Bertz CT molecular complexity index is 575. The predicted octanol–water partition coefficient (Wildman–Crippen LogP) is 0.990. The molecule has 0 aromatic heterocycles. The van der Waals surface area contributed by atoms with Crippen LogP contribution < -0.4 is 0 Å². The number of carbonyl (C=O) groups is 3. The van der Waals surface area contributed by atoms with Crippen molar-refractivity contribution >= 4 is 34.7 Å². The molecule has 1 aliphatic heterocycles. The quantitative estimate of drug-likeness (QED) is 0.245. The van der Waals surface area contributed by atoms with Gasteiger partial charge in [-0.1, -0.05) is 14.8 Å². The highest BCUT2D eigenvalue weighted by Crippen LogP contribution is 2.45. The number of esters is 3. The lowest BCUT2D eigenvalue weighted by Crippen LogP contribution is -2.62. The van der Waals surface area contributed by atoms with E-state index in [-0.39, 0.29) is 13.2 Å². The molecule has 11 heteroatoms. The maximum Gasteiger partial charge on any atom is 0.303 e. The number of hydrogen-bond acceptors (Lipinski definition) is 9. The molecular formula is C16H24O9P2. The van der Waals surface area contributed by atoms with Crippen molar-refractivity contribution in [3.8, 4) is 12.3 Å². The summed E-state index contributed by atoms with van der Waals surface area (Å²) in [4.78, 5) is 34.4. The van der Waals surface area contributed by atoms with Crippen LogP contribution in [-0.2, 0) is 42.6 Å². The highest BCUT2D eigenvalue weighted by molar-refractivity contribution is 8.10. The normalized spacial score (nSPS) is 28.5. The molecule has 0 N–H and O–H groups in total. The zero-order valence-corrected chi connectivity index (χ0v) is 17.6. The van der Waals surface area contributed by atoms with E-state index in [2.05, 4.69) is 14.8 Å². The summed E-state index contributed by atoms with van der Waals surface area (Å²) in [5, 5.41) is 0. The second-order valence-corrected chi connectivity index (χ2v) is 9.11. The van der Waals surface area contributed by atoms with Crippen LogP contribution in [0.15, 0.2) is 0 Å². The average molecular weight is 422 g/mol. The van der Waals surface area contributed by atoms with E-state index in [4.69, 9.17) is 34.6 Å². The Morgan fingerprint density at radius 3 is 2.15 bits per heavy atom. The molecule has 0 bridgehead atoms. The zero-order chi connectivity index (χ0) is 20.6. The third-order valence-electron chi connectivity index (χ3n) is 3.28. The average Bonchev–Trinajstić information content (AvgIpc) is 2.53. The maximum absolute atomic E-state index is 11.6. The molecule has 0 amide bonds. The van der Waals surface area contributed by atoms with Crippen molar-refractivity contribution in [1.82, 2.24) is 0 Å². The van der Waals surface area contributed by atoms with Gasteiger partial charge in [0.05, 0.1) is 0 Å². The number of hydrogen-bond donors (Lipinski definition) is 0. The van der Waals surface area contributed by atoms with E-state index >= 15 is 0 Å². The maximum atomic E-state index is 11.6. The molecule has 4 unspecified atom stereocenters. The van der Waals surface area contributed by atoms with Crippen molar-refractivity contribution < 1.29 is 42.6 Å². The molecule has 1 aliphatic rings. The summed E-state index contributed by atoms with van der Waals surface area (Å²) >= 11 is 0. The lowest BCUT2D eigenvalue weighted by Gasteiger charge is -2.44. The molecule has 27 heavy (non-hydrogen) atoms. The van der Waals surface area contributed by atoms with Crippen molar-refractivity contribution in [2.45, 2.75) is 51.5 Å². The van der Waals surface area contributed by atoms with Crippen LogP contribution >= 0.6 is 16.8 Å². The molecule has 9 nitrogen and oxygen atoms in total. The van der Waals surface area contributed by atoms with E-state index in [9.17, 15) is 14.4 Å². The molecular weight excluding hydrogens is 398 g/mol. The van der Waals surface area contributed by atoms with Crippen molar-refractivity contribution in [3.63, 3.8) is 0 Å². The van der Waals surface area contributed by atoms with Gasteiger partial charge in [0, 0.05) is 28.6 Å². The SMILES string of the molecule is C#CCO[C@@H]1C(OC(C)=O)[C@H](OP(C)P)OC(COC(C)=O)[C@@H]1OC(C)=O. The van der Waals surface area contributed by atoms with Crippen molar-refractivity contribution in [2.75, 3.05) is 19.9 Å². The van der Waals surface area contributed by atoms with Gasteiger partial charge in [0.1, 0.15) is 25.4 Å². The van der Waals surface area contributed by atoms with Gasteiger partial charge in [-0.3, -0.25) is 14.4 Å². The Labute approximate surface area is 161 Å². The Balaban J connectivity index is 3.23. The number of terminal acetylenes is 1. The van der Waals surface area contributed by atoms with Gasteiger partial charge in [-0.15, -0.1) is 6.42 Å². The lowest BCUT2D eigenvalue weighted by atomic mass is 9.98. The van der Waals surface area contributed by atoms with E-state index in [1.807, 2.05) is 0 Å². The Morgan fingerprint density at radius 2 is 1.67 bits per heavy atom. The van der Waals surface area contributed by atoms with Gasteiger partial charge in [0.25, 0.3) is 0 Å². The number of carbonyl (C=O) groups excluding carboxylic acids is 3. The van der Waals surface area contributed by atoms with E-state index in [1.165, 1.54) is 20.8 Å². The van der Waals surface area contributed by atoms with Gasteiger partial charge in [-0.25, -0.2) is 0 Å². The first-order chi connectivity index (χ1) is 12.6. The molecule has 7 atom stereocenters. The molecule has 1 fully saturated rings. The molecule has 1 heterocycles. The molecule has 152 valence electrons. The van der Waals surface area contributed by atoms with Crippen LogP contribution in [0.4, 0.5) is 0 Å². The fraction of sp³-hybridized carbons (Fsp3) is 0.688. The summed E-state index contributed by atoms with van der Waals surface area (Å²) in [5.74, 6) is 0.559. The Kier molecular flexibility index (Phi) is 10.1. The molecule has 1 saturated heterocycles. The lowest BCUT2D eigenvalue weighted by molar-refractivity contribution is -0.289. The minimum atomic E-state index is -1.04. The fourth-order valence-electron chi connectivity index (χ4n) is 2.45. The van der Waals surface area contributed by atoms with Crippen molar-refractivity contribution in [3.05, 3.63) is 0 Å². The molecule has 0 spiro atoms. The Morgan fingerprint density at radius 1 is 1.07 bits per heavy atom. The van der Waals surface area contributed by atoms with Gasteiger partial charge < -0.3 is 28.2 Å². The van der Waals surface area contributed by atoms with Gasteiger partial charge >= 0.3 is 17.9 Å². The zero-order valence-electron chi connectivity index (χ0n) is 15.6. The van der Waals surface area contributed by atoms with E-state index in [0.29, 0.717) is 0 Å². The first-order valence-corrected chi connectivity index (χ1v) is 11.3. The van der Waals surface area contributed by atoms with Gasteiger partial charge in [-0.05, 0) is 6.66 Å². The first kappa shape index (κ1) is 23.7. The van der Waals surface area contributed by atoms with E-state index < -0.39 is 56.5 Å². The van der Waals surface area contributed by atoms with E-state index in [1.54, 1.807) is 6.66 Å². The number of rotatable bonds is 8. The highest BCUT2D eigenvalue weighted by Gasteiger charge is 2.51. The fourth-order valence-corrected chi connectivity index (χ4v) is 3.30. The molecule has 0 aromatic rings. The minimum Gasteiger partial charge on any atom is -0.463 e. The van der Waals surface area contributed by atoms with Gasteiger partial charge in [-0.2, -0.15) is 0 Å². The third kappa shape index (κ3) is 8.08.